The standard InChI is InChI=1S/C28H33FN2O5/c1-7-35-21-14-19-22(23(29)24(21)36-8-2)25(30)31(28(19)9-10-28)15-20(32)16-11-17(26(33)34-6)13-18(12-16)27(3,4)5/h11-14,30H,7-10,15H2,1-6H3. The number of nitrogens with zero attached hydrogens (tertiary/aromatic N) is 1. The number of fused-ring (bicyclic) bond motifs is 2. The molecule has 0 bridgehead atoms. The number of benzene rings is 2. The van der Waals surface area contributed by atoms with Crippen LogP contribution < -0.4 is 9.47 Å². The third-order valence-corrected chi connectivity index (χ3v) is 6.87. The molecule has 0 radical (unpaired) electrons. The molecule has 1 fully saturated rings. The molecule has 2 aliphatic rings. The summed E-state index contributed by atoms with van der Waals surface area (Å²) in [5.74, 6) is -1.16. The first-order valence-corrected chi connectivity index (χ1v) is 12.2. The average molecular weight is 497 g/mol. The van der Waals surface area contributed by atoms with Crippen molar-refractivity contribution in [2.45, 2.75) is 58.4 Å². The van der Waals surface area contributed by atoms with Gasteiger partial charge in [0.25, 0.3) is 0 Å². The molecule has 1 saturated carbocycles. The largest absolute Gasteiger partial charge is 0.490 e. The first-order chi connectivity index (χ1) is 17.0. The van der Waals surface area contributed by atoms with E-state index in [2.05, 4.69) is 0 Å². The van der Waals surface area contributed by atoms with Crippen molar-refractivity contribution in [3.05, 3.63) is 57.9 Å². The van der Waals surface area contributed by atoms with Gasteiger partial charge in [0.1, 0.15) is 5.84 Å². The topological polar surface area (TPSA) is 88.9 Å². The average Bonchev–Trinajstić information content (AvgIpc) is 3.60. The molecule has 0 atom stereocenters. The number of hydrogen-bond donors (Lipinski definition) is 1. The van der Waals surface area contributed by atoms with Gasteiger partial charge < -0.3 is 19.1 Å². The van der Waals surface area contributed by atoms with Crippen molar-refractivity contribution in [3.8, 4) is 11.5 Å². The van der Waals surface area contributed by atoms with Gasteiger partial charge in [-0.3, -0.25) is 10.2 Å². The van der Waals surface area contributed by atoms with Gasteiger partial charge in [0, 0.05) is 5.56 Å². The molecule has 7 nitrogen and oxygen atoms in total. The molecule has 1 spiro atoms. The number of hydrogen-bond acceptors (Lipinski definition) is 6. The predicted octanol–water partition coefficient (Wildman–Crippen LogP) is 5.22. The maximum Gasteiger partial charge on any atom is 0.337 e. The van der Waals surface area contributed by atoms with Crippen LogP contribution in [0.1, 0.15) is 84.9 Å². The normalized spacial score (nSPS) is 15.6. The first-order valence-electron chi connectivity index (χ1n) is 12.2. The van der Waals surface area contributed by atoms with E-state index in [1.807, 2.05) is 27.7 Å². The summed E-state index contributed by atoms with van der Waals surface area (Å²) in [6.45, 7) is 10.1. The van der Waals surface area contributed by atoms with Crippen molar-refractivity contribution in [1.82, 2.24) is 4.90 Å². The zero-order chi connectivity index (χ0) is 26.4. The van der Waals surface area contributed by atoms with Gasteiger partial charge in [-0.25, -0.2) is 9.18 Å². The number of halogens is 1. The Morgan fingerprint density at radius 3 is 2.25 bits per heavy atom. The number of carbonyl (C=O) groups is 2. The minimum absolute atomic E-state index is 0.00701. The van der Waals surface area contributed by atoms with E-state index in [1.165, 1.54) is 13.2 Å². The highest BCUT2D eigenvalue weighted by Gasteiger charge is 2.58. The fourth-order valence-corrected chi connectivity index (χ4v) is 4.82. The second kappa shape index (κ2) is 9.22. The smallest absolute Gasteiger partial charge is 0.337 e. The molecule has 0 unspecified atom stereocenters. The summed E-state index contributed by atoms with van der Waals surface area (Å²) < 4.78 is 31.7. The molecule has 2 aromatic rings. The fourth-order valence-electron chi connectivity index (χ4n) is 4.82. The van der Waals surface area contributed by atoms with Crippen LogP contribution in [0.25, 0.3) is 0 Å². The van der Waals surface area contributed by atoms with Crippen LogP contribution >= 0.6 is 0 Å². The lowest BCUT2D eigenvalue weighted by molar-refractivity contribution is 0.0600. The van der Waals surface area contributed by atoms with E-state index in [-0.39, 0.29) is 41.5 Å². The molecule has 0 aromatic heterocycles. The third kappa shape index (κ3) is 4.22. The molecule has 1 N–H and O–H groups in total. The molecule has 1 aliphatic heterocycles. The van der Waals surface area contributed by atoms with Gasteiger partial charge in [0.15, 0.2) is 23.1 Å². The van der Waals surface area contributed by atoms with Crippen molar-refractivity contribution in [3.63, 3.8) is 0 Å². The summed E-state index contributed by atoms with van der Waals surface area (Å²) in [4.78, 5) is 27.5. The number of nitrogens with one attached hydrogen (secondary N) is 1. The molecule has 8 heteroatoms. The molecule has 1 aliphatic carbocycles. The highest BCUT2D eigenvalue weighted by atomic mass is 19.1. The van der Waals surface area contributed by atoms with E-state index in [4.69, 9.17) is 19.6 Å². The van der Waals surface area contributed by atoms with Gasteiger partial charge in [-0.05, 0) is 67.5 Å². The summed E-state index contributed by atoms with van der Waals surface area (Å²) in [5, 5.41) is 8.83. The van der Waals surface area contributed by atoms with Crippen molar-refractivity contribution < 1.29 is 28.2 Å². The van der Waals surface area contributed by atoms with Gasteiger partial charge in [0.2, 0.25) is 0 Å². The molecule has 0 amide bonds. The van der Waals surface area contributed by atoms with E-state index >= 15 is 4.39 Å². The van der Waals surface area contributed by atoms with E-state index in [9.17, 15) is 9.59 Å². The van der Waals surface area contributed by atoms with Crippen LogP contribution in [0.2, 0.25) is 0 Å². The first kappa shape index (κ1) is 25.7. The molecule has 192 valence electrons. The molecular weight excluding hydrogens is 463 g/mol. The molecule has 4 rings (SSSR count). The van der Waals surface area contributed by atoms with E-state index in [0.29, 0.717) is 41.9 Å². The highest BCUT2D eigenvalue weighted by Crippen LogP contribution is 2.58. The molecule has 1 heterocycles. The van der Waals surface area contributed by atoms with Gasteiger partial charge in [-0.1, -0.05) is 20.8 Å². The van der Waals surface area contributed by atoms with Gasteiger partial charge in [-0.2, -0.15) is 0 Å². The zero-order valence-electron chi connectivity index (χ0n) is 21.7. The van der Waals surface area contributed by atoms with E-state index in [0.717, 1.165) is 5.56 Å². The Morgan fingerprint density at radius 1 is 1.06 bits per heavy atom. The summed E-state index contributed by atoms with van der Waals surface area (Å²) in [6, 6.07) is 6.80. The fraction of sp³-hybridized carbons (Fsp3) is 0.464. The SMILES string of the molecule is CCOc1cc2c(c(F)c1OCC)C(=N)N(CC(=O)c1cc(C(=O)OC)cc(C(C)(C)C)c1)C21CC1. The van der Waals surface area contributed by atoms with Crippen LogP contribution in [0.3, 0.4) is 0 Å². The number of amidine groups is 1. The Morgan fingerprint density at radius 2 is 1.69 bits per heavy atom. The van der Waals surface area contributed by atoms with Gasteiger partial charge in [0.05, 0.1) is 43.5 Å². The number of rotatable bonds is 8. The lowest BCUT2D eigenvalue weighted by atomic mass is 9.84. The number of ketones is 1. The maximum atomic E-state index is 15.7. The minimum Gasteiger partial charge on any atom is -0.490 e. The monoisotopic (exact) mass is 496 g/mol. The van der Waals surface area contributed by atoms with E-state index in [1.54, 1.807) is 30.0 Å². The molecule has 0 saturated heterocycles. The summed E-state index contributed by atoms with van der Waals surface area (Å²) in [6.07, 6.45) is 1.40. The van der Waals surface area contributed by atoms with Crippen molar-refractivity contribution in [2.24, 2.45) is 0 Å². The maximum absolute atomic E-state index is 15.7. The Balaban J connectivity index is 1.73. The van der Waals surface area contributed by atoms with Crippen molar-refractivity contribution in [2.75, 3.05) is 26.9 Å². The van der Waals surface area contributed by atoms with Crippen molar-refractivity contribution in [1.29, 1.82) is 5.41 Å². The highest BCUT2D eigenvalue weighted by molar-refractivity contribution is 6.08. The molecule has 36 heavy (non-hydrogen) atoms. The summed E-state index contributed by atoms with van der Waals surface area (Å²) in [5.41, 5.74) is 1.36. The quantitative estimate of drug-likeness (QED) is 0.398. The molecule has 2 aromatic carbocycles. The summed E-state index contributed by atoms with van der Waals surface area (Å²) >= 11 is 0. The lowest BCUT2D eigenvalue weighted by Gasteiger charge is -2.27. The second-order valence-electron chi connectivity index (χ2n) is 10.2. The Labute approximate surface area is 211 Å². The predicted molar refractivity (Wildman–Crippen MR) is 134 cm³/mol. The van der Waals surface area contributed by atoms with Crippen molar-refractivity contribution >= 4 is 17.6 Å². The lowest BCUT2D eigenvalue weighted by Crippen LogP contribution is -2.38. The Hall–Kier alpha value is -3.42. The van der Waals surface area contributed by atoms with Crippen LogP contribution in [-0.4, -0.2) is 49.4 Å². The van der Waals surface area contributed by atoms with Gasteiger partial charge in [-0.15, -0.1) is 0 Å². The van der Waals surface area contributed by atoms with Gasteiger partial charge >= 0.3 is 5.97 Å². The van der Waals surface area contributed by atoms with Crippen LogP contribution in [0.4, 0.5) is 4.39 Å². The molecular formula is C28H33FN2O5. The second-order valence-corrected chi connectivity index (χ2v) is 10.2. The number of methoxy groups -OCH3 is 1. The Bertz CT molecular complexity index is 1240. The third-order valence-electron chi connectivity index (χ3n) is 6.87. The zero-order valence-corrected chi connectivity index (χ0v) is 21.7. The van der Waals surface area contributed by atoms with Crippen LogP contribution in [0, 0.1) is 11.2 Å². The number of carbonyl (C=O) groups excluding carboxylic acids is 2. The van der Waals surface area contributed by atoms with Crippen LogP contribution in [-0.2, 0) is 15.7 Å². The van der Waals surface area contributed by atoms with Crippen LogP contribution in [0.15, 0.2) is 24.3 Å². The van der Waals surface area contributed by atoms with Crippen LogP contribution in [0.5, 0.6) is 11.5 Å². The minimum atomic E-state index is -0.633. The summed E-state index contributed by atoms with van der Waals surface area (Å²) in [7, 11) is 1.30. The van der Waals surface area contributed by atoms with E-state index < -0.39 is 17.3 Å². The number of ether oxygens (including phenoxy) is 3. The number of Topliss-reactive ketones (excluding diaryl/α,β-unsaturated/α-hetero) is 1. The number of esters is 1. The Kier molecular flexibility index (Phi) is 6.58.